The van der Waals surface area contributed by atoms with Crippen molar-refractivity contribution in [1.82, 2.24) is 9.88 Å². The molecule has 0 aromatic carbocycles. The van der Waals surface area contributed by atoms with Crippen molar-refractivity contribution >= 4 is 11.3 Å². The molecule has 1 aliphatic rings. The van der Waals surface area contributed by atoms with Crippen LogP contribution in [0.3, 0.4) is 0 Å². The fraction of sp³-hybridized carbons (Fsp3) is 0.526. The number of hydrogen-bond donors (Lipinski definition) is 1. The van der Waals surface area contributed by atoms with Gasteiger partial charge in [-0.15, -0.1) is 11.3 Å². The lowest BCUT2D eigenvalue weighted by Gasteiger charge is -2.37. The molecule has 124 valence electrons. The van der Waals surface area contributed by atoms with Crippen molar-refractivity contribution in [1.29, 1.82) is 0 Å². The van der Waals surface area contributed by atoms with Crippen LogP contribution in [0.4, 0.5) is 0 Å². The van der Waals surface area contributed by atoms with Crippen LogP contribution < -0.4 is 0 Å². The van der Waals surface area contributed by atoms with Crippen LogP contribution in [0.25, 0.3) is 0 Å². The Bertz CT molecular complexity index is 612. The molecular formula is C19H26N2OS. The van der Waals surface area contributed by atoms with E-state index in [0.29, 0.717) is 0 Å². The van der Waals surface area contributed by atoms with Crippen LogP contribution in [0.2, 0.25) is 0 Å². The first kappa shape index (κ1) is 16.6. The fourth-order valence-electron chi connectivity index (χ4n) is 3.57. The van der Waals surface area contributed by atoms with E-state index in [1.807, 2.05) is 29.8 Å². The minimum atomic E-state index is -0.0475. The molecule has 0 aliphatic carbocycles. The van der Waals surface area contributed by atoms with E-state index in [4.69, 9.17) is 0 Å². The molecule has 0 saturated carbocycles. The summed E-state index contributed by atoms with van der Waals surface area (Å²) in [5, 5.41) is 12.2. The quantitative estimate of drug-likeness (QED) is 0.877. The Morgan fingerprint density at radius 2 is 2.22 bits per heavy atom. The third-order valence-corrected chi connectivity index (χ3v) is 6.35. The highest BCUT2D eigenvalue weighted by atomic mass is 32.1. The number of aryl methyl sites for hydroxylation is 1. The molecule has 3 rings (SSSR count). The van der Waals surface area contributed by atoms with Crippen LogP contribution in [-0.2, 0) is 12.0 Å². The zero-order valence-corrected chi connectivity index (χ0v) is 14.9. The molecule has 4 heteroatoms. The predicted molar refractivity (Wildman–Crippen MR) is 95.6 cm³/mol. The van der Waals surface area contributed by atoms with Crippen LogP contribution in [0, 0.1) is 5.41 Å². The number of thiophene rings is 1. The van der Waals surface area contributed by atoms with Gasteiger partial charge in [-0.05, 0) is 62.7 Å². The Hall–Kier alpha value is -1.23. The lowest BCUT2D eigenvalue weighted by atomic mass is 9.82. The average molecular weight is 330 g/mol. The van der Waals surface area contributed by atoms with Gasteiger partial charge in [0.05, 0.1) is 0 Å². The van der Waals surface area contributed by atoms with Crippen molar-refractivity contribution in [3.05, 3.63) is 52.5 Å². The van der Waals surface area contributed by atoms with Crippen molar-refractivity contribution < 1.29 is 5.11 Å². The minimum Gasteiger partial charge on any atom is -0.396 e. The number of aliphatic hydroxyl groups is 1. The lowest BCUT2D eigenvalue weighted by molar-refractivity contribution is 0.0872. The molecule has 2 aromatic heterocycles. The van der Waals surface area contributed by atoms with E-state index in [-0.39, 0.29) is 17.6 Å². The summed E-state index contributed by atoms with van der Waals surface area (Å²) in [6.07, 6.45) is 6.98. The first-order valence-electron chi connectivity index (χ1n) is 8.35. The Morgan fingerprint density at radius 3 is 2.87 bits per heavy atom. The van der Waals surface area contributed by atoms with Crippen molar-refractivity contribution in [2.24, 2.45) is 5.41 Å². The molecule has 1 unspecified atom stereocenters. The first-order valence-corrected chi connectivity index (χ1v) is 9.23. The Morgan fingerprint density at radius 1 is 1.35 bits per heavy atom. The number of likely N-dealkylation sites (tertiary alicyclic amines) is 1. The maximum atomic E-state index is 10.1. The standard InChI is InChI=1S/C19H26N2OS/c1-18(2,16-5-3-10-20-13-16)21-11-9-19(14-21,15-22)8-7-17-6-4-12-23-17/h3-6,10,12-13,22H,7-9,11,14-15H2,1-2H3. The van der Waals surface area contributed by atoms with Crippen LogP contribution in [0.15, 0.2) is 42.0 Å². The van der Waals surface area contributed by atoms with Crippen molar-refractivity contribution in [3.63, 3.8) is 0 Å². The molecule has 1 atom stereocenters. The average Bonchev–Trinajstić information content (AvgIpc) is 3.24. The van der Waals surface area contributed by atoms with Crippen LogP contribution in [0.5, 0.6) is 0 Å². The van der Waals surface area contributed by atoms with Gasteiger partial charge in [0.2, 0.25) is 0 Å². The number of nitrogens with zero attached hydrogens (tertiary/aromatic N) is 2. The van der Waals surface area contributed by atoms with E-state index < -0.39 is 0 Å². The van der Waals surface area contributed by atoms with Gasteiger partial charge in [0, 0.05) is 41.4 Å². The number of pyridine rings is 1. The molecule has 0 spiro atoms. The van der Waals surface area contributed by atoms with E-state index in [1.165, 1.54) is 10.4 Å². The van der Waals surface area contributed by atoms with E-state index in [2.05, 4.69) is 47.3 Å². The Balaban J connectivity index is 1.70. The van der Waals surface area contributed by atoms with Gasteiger partial charge in [-0.3, -0.25) is 9.88 Å². The molecule has 0 radical (unpaired) electrons. The molecule has 0 amide bonds. The maximum Gasteiger partial charge on any atom is 0.0500 e. The maximum absolute atomic E-state index is 10.1. The zero-order chi connectivity index (χ0) is 16.3. The molecule has 1 aliphatic heterocycles. The molecule has 2 aromatic rings. The van der Waals surface area contributed by atoms with Gasteiger partial charge in [0.15, 0.2) is 0 Å². The number of aromatic nitrogens is 1. The number of aliphatic hydroxyl groups excluding tert-OH is 1. The summed E-state index contributed by atoms with van der Waals surface area (Å²) >= 11 is 1.82. The highest BCUT2D eigenvalue weighted by Crippen LogP contribution is 2.41. The Labute approximate surface area is 143 Å². The SMILES string of the molecule is CC(C)(c1cccnc1)N1CCC(CO)(CCc2cccs2)C1. The molecule has 1 saturated heterocycles. The molecule has 3 heterocycles. The van der Waals surface area contributed by atoms with Gasteiger partial charge in [-0.1, -0.05) is 12.1 Å². The van der Waals surface area contributed by atoms with E-state index >= 15 is 0 Å². The summed E-state index contributed by atoms with van der Waals surface area (Å²) in [5.41, 5.74) is 1.23. The van der Waals surface area contributed by atoms with Gasteiger partial charge >= 0.3 is 0 Å². The Kier molecular flexibility index (Phi) is 4.85. The zero-order valence-electron chi connectivity index (χ0n) is 14.0. The highest BCUT2D eigenvalue weighted by molar-refractivity contribution is 7.09. The summed E-state index contributed by atoms with van der Waals surface area (Å²) in [7, 11) is 0. The van der Waals surface area contributed by atoms with Gasteiger partial charge in [-0.2, -0.15) is 0 Å². The van der Waals surface area contributed by atoms with Crippen LogP contribution in [-0.4, -0.2) is 34.7 Å². The molecule has 1 fully saturated rings. The van der Waals surface area contributed by atoms with Crippen molar-refractivity contribution in [3.8, 4) is 0 Å². The van der Waals surface area contributed by atoms with E-state index in [1.54, 1.807) is 0 Å². The second kappa shape index (κ2) is 6.71. The smallest absolute Gasteiger partial charge is 0.0500 e. The molecule has 0 bridgehead atoms. The summed E-state index contributed by atoms with van der Waals surface area (Å²) < 4.78 is 0. The largest absolute Gasteiger partial charge is 0.396 e. The third-order valence-electron chi connectivity index (χ3n) is 5.41. The monoisotopic (exact) mass is 330 g/mol. The van der Waals surface area contributed by atoms with Gasteiger partial charge in [0.25, 0.3) is 0 Å². The van der Waals surface area contributed by atoms with Crippen LogP contribution >= 0.6 is 11.3 Å². The predicted octanol–water partition coefficient (Wildman–Crippen LogP) is 3.70. The summed E-state index contributed by atoms with van der Waals surface area (Å²) in [4.78, 5) is 8.20. The molecule has 23 heavy (non-hydrogen) atoms. The topological polar surface area (TPSA) is 36.4 Å². The minimum absolute atomic E-state index is 0.0312. The van der Waals surface area contributed by atoms with E-state index in [9.17, 15) is 5.11 Å². The lowest BCUT2D eigenvalue weighted by Crippen LogP contribution is -2.42. The normalized spacial score (nSPS) is 22.6. The van der Waals surface area contributed by atoms with Crippen molar-refractivity contribution in [2.75, 3.05) is 19.7 Å². The van der Waals surface area contributed by atoms with E-state index in [0.717, 1.165) is 32.4 Å². The van der Waals surface area contributed by atoms with Gasteiger partial charge in [-0.25, -0.2) is 0 Å². The first-order chi connectivity index (χ1) is 11.1. The summed E-state index contributed by atoms with van der Waals surface area (Å²) in [6, 6.07) is 8.46. The number of rotatable bonds is 6. The molecule has 1 N–H and O–H groups in total. The summed E-state index contributed by atoms with van der Waals surface area (Å²) in [6.45, 7) is 6.79. The second-order valence-electron chi connectivity index (χ2n) is 7.21. The highest BCUT2D eigenvalue weighted by Gasteiger charge is 2.43. The number of hydrogen-bond acceptors (Lipinski definition) is 4. The second-order valence-corrected chi connectivity index (χ2v) is 8.24. The van der Waals surface area contributed by atoms with Crippen molar-refractivity contribution in [2.45, 2.75) is 38.6 Å². The fourth-order valence-corrected chi connectivity index (χ4v) is 4.28. The molecular weight excluding hydrogens is 304 g/mol. The van der Waals surface area contributed by atoms with Gasteiger partial charge < -0.3 is 5.11 Å². The van der Waals surface area contributed by atoms with Crippen LogP contribution in [0.1, 0.15) is 37.1 Å². The van der Waals surface area contributed by atoms with Gasteiger partial charge in [0.1, 0.15) is 0 Å². The third kappa shape index (κ3) is 3.49. The molecule has 3 nitrogen and oxygen atoms in total. The summed E-state index contributed by atoms with van der Waals surface area (Å²) in [5.74, 6) is 0.